The van der Waals surface area contributed by atoms with Crippen LogP contribution in [0.2, 0.25) is 0 Å². The van der Waals surface area contributed by atoms with Gasteiger partial charge in [-0.05, 0) is 18.4 Å². The van der Waals surface area contributed by atoms with Gasteiger partial charge in [0, 0.05) is 15.8 Å². The van der Waals surface area contributed by atoms with Crippen LogP contribution in [0.1, 0.15) is 20.9 Å². The van der Waals surface area contributed by atoms with Crippen LogP contribution in [0.15, 0.2) is 22.3 Å². The van der Waals surface area contributed by atoms with Crippen molar-refractivity contribution in [1.82, 2.24) is 4.98 Å². The van der Waals surface area contributed by atoms with Gasteiger partial charge in [0.1, 0.15) is 5.69 Å². The van der Waals surface area contributed by atoms with E-state index in [0.717, 1.165) is 10.4 Å². The Morgan fingerprint density at radius 1 is 1.54 bits per heavy atom. The normalized spacial score (nSPS) is 10.2. The zero-order valence-electron chi connectivity index (χ0n) is 6.98. The van der Waals surface area contributed by atoms with E-state index in [9.17, 15) is 4.79 Å². The van der Waals surface area contributed by atoms with Gasteiger partial charge < -0.3 is 0 Å². The fourth-order valence-corrected chi connectivity index (χ4v) is 2.31. The van der Waals surface area contributed by atoms with Crippen LogP contribution in [0.25, 0.3) is 0 Å². The fourth-order valence-electron chi connectivity index (χ4n) is 1.08. The summed E-state index contributed by atoms with van der Waals surface area (Å²) in [7, 11) is 0. The number of hydrogen-bond donors (Lipinski definition) is 0. The first-order valence-corrected chi connectivity index (χ1v) is 5.58. The Morgan fingerprint density at radius 3 is 2.92 bits per heavy atom. The van der Waals surface area contributed by atoms with Gasteiger partial charge in [-0.1, -0.05) is 0 Å². The number of nitrogens with zero attached hydrogens (tertiary/aromatic N) is 1. The van der Waals surface area contributed by atoms with Crippen LogP contribution < -0.4 is 0 Å². The number of carbonyl (C=O) groups is 1. The van der Waals surface area contributed by atoms with E-state index >= 15 is 0 Å². The molecule has 2 rings (SSSR count). The van der Waals surface area contributed by atoms with E-state index in [-0.39, 0.29) is 5.78 Å². The molecule has 0 spiro atoms. The molecule has 0 amide bonds. The number of thiazole rings is 1. The Bertz CT molecular complexity index is 417. The van der Waals surface area contributed by atoms with Gasteiger partial charge in [-0.2, -0.15) is 0 Å². The van der Waals surface area contributed by atoms with E-state index < -0.39 is 0 Å². The maximum absolute atomic E-state index is 11.7. The second kappa shape index (κ2) is 3.40. The minimum absolute atomic E-state index is 0.0278. The minimum Gasteiger partial charge on any atom is -0.287 e. The molecule has 2 nitrogen and oxygen atoms in total. The predicted molar refractivity (Wildman–Crippen MR) is 54.6 cm³/mol. The Hall–Kier alpha value is -1.00. The first-order valence-electron chi connectivity index (χ1n) is 3.76. The lowest BCUT2D eigenvalue weighted by Crippen LogP contribution is -2.00. The van der Waals surface area contributed by atoms with Crippen molar-refractivity contribution >= 4 is 28.5 Å². The Balaban J connectivity index is 2.39. The second-order valence-corrected chi connectivity index (χ2v) is 4.43. The van der Waals surface area contributed by atoms with Crippen molar-refractivity contribution in [3.8, 4) is 0 Å². The number of hydrogen-bond acceptors (Lipinski definition) is 4. The molecule has 0 aliphatic carbocycles. The Labute approximate surface area is 83.9 Å². The number of rotatable bonds is 2. The monoisotopic (exact) mass is 209 g/mol. The summed E-state index contributed by atoms with van der Waals surface area (Å²) in [5.74, 6) is 0.0278. The predicted octanol–water partition coefficient (Wildman–Crippen LogP) is 2.74. The fraction of sp³-hybridized carbons (Fsp3) is 0.111. The molecule has 2 aromatic heterocycles. The highest BCUT2D eigenvalue weighted by atomic mass is 32.1. The highest BCUT2D eigenvalue weighted by Gasteiger charge is 2.13. The van der Waals surface area contributed by atoms with Gasteiger partial charge in [-0.3, -0.25) is 4.79 Å². The molecule has 0 unspecified atom stereocenters. The van der Waals surface area contributed by atoms with Crippen LogP contribution >= 0.6 is 22.7 Å². The molecule has 0 atom stereocenters. The lowest BCUT2D eigenvalue weighted by Gasteiger charge is -1.93. The summed E-state index contributed by atoms with van der Waals surface area (Å²) in [5.41, 5.74) is 3.00. The van der Waals surface area contributed by atoms with Crippen molar-refractivity contribution in [2.24, 2.45) is 0 Å². The third kappa shape index (κ3) is 1.55. The van der Waals surface area contributed by atoms with Crippen LogP contribution in [-0.2, 0) is 0 Å². The Kier molecular flexibility index (Phi) is 2.24. The zero-order valence-corrected chi connectivity index (χ0v) is 8.61. The quantitative estimate of drug-likeness (QED) is 0.712. The van der Waals surface area contributed by atoms with Gasteiger partial charge in [-0.15, -0.1) is 22.7 Å². The highest BCUT2D eigenvalue weighted by Crippen LogP contribution is 2.18. The summed E-state index contributed by atoms with van der Waals surface area (Å²) >= 11 is 3.03. The third-order valence-electron chi connectivity index (χ3n) is 1.77. The van der Waals surface area contributed by atoms with Crippen LogP contribution in [0.3, 0.4) is 0 Å². The molecular formula is C9H7NOS2. The van der Waals surface area contributed by atoms with Crippen LogP contribution in [0.4, 0.5) is 0 Å². The van der Waals surface area contributed by atoms with E-state index in [4.69, 9.17) is 0 Å². The van der Waals surface area contributed by atoms with Crippen molar-refractivity contribution in [3.05, 3.63) is 38.5 Å². The zero-order chi connectivity index (χ0) is 9.26. The maximum atomic E-state index is 11.7. The van der Waals surface area contributed by atoms with Crippen molar-refractivity contribution in [2.75, 3.05) is 0 Å². The molecule has 0 N–H and O–H groups in total. The van der Waals surface area contributed by atoms with Gasteiger partial charge in [0.25, 0.3) is 0 Å². The summed E-state index contributed by atoms with van der Waals surface area (Å²) < 4.78 is 0. The van der Waals surface area contributed by atoms with Crippen LogP contribution in [0, 0.1) is 6.92 Å². The maximum Gasteiger partial charge on any atom is 0.213 e. The lowest BCUT2D eigenvalue weighted by atomic mass is 10.1. The summed E-state index contributed by atoms with van der Waals surface area (Å²) in [4.78, 5) is 16.8. The number of ketones is 1. The topological polar surface area (TPSA) is 30.0 Å². The Morgan fingerprint density at radius 2 is 2.38 bits per heavy atom. The molecule has 0 radical (unpaired) electrons. The molecule has 0 aliphatic heterocycles. The first kappa shape index (κ1) is 8.59. The standard InChI is InChI=1S/C9H7NOS2/c1-6-7(2-3-13-6)9(11)8-4-12-5-10-8/h2-5H,1H3. The van der Waals surface area contributed by atoms with Gasteiger partial charge in [0.05, 0.1) is 5.51 Å². The number of thiophene rings is 1. The molecular weight excluding hydrogens is 202 g/mol. The summed E-state index contributed by atoms with van der Waals surface area (Å²) in [6.07, 6.45) is 0. The van der Waals surface area contributed by atoms with Crippen molar-refractivity contribution in [2.45, 2.75) is 6.92 Å². The SMILES string of the molecule is Cc1sccc1C(=O)c1cscn1. The van der Waals surface area contributed by atoms with Gasteiger partial charge in [0.2, 0.25) is 5.78 Å². The summed E-state index contributed by atoms with van der Waals surface area (Å²) in [6, 6.07) is 1.85. The molecule has 0 bridgehead atoms. The minimum atomic E-state index is 0.0278. The van der Waals surface area contributed by atoms with E-state index in [0.29, 0.717) is 5.69 Å². The molecule has 2 aromatic rings. The van der Waals surface area contributed by atoms with Crippen LogP contribution in [0.5, 0.6) is 0 Å². The van der Waals surface area contributed by atoms with Gasteiger partial charge in [-0.25, -0.2) is 4.98 Å². The molecule has 0 fully saturated rings. The average Bonchev–Trinajstić information content (AvgIpc) is 2.72. The summed E-state index contributed by atoms with van der Waals surface area (Å²) in [5, 5.41) is 3.70. The van der Waals surface area contributed by atoms with Crippen molar-refractivity contribution in [3.63, 3.8) is 0 Å². The molecule has 0 aliphatic rings. The highest BCUT2D eigenvalue weighted by molar-refractivity contribution is 7.10. The van der Waals surface area contributed by atoms with Crippen molar-refractivity contribution < 1.29 is 4.79 Å². The van der Waals surface area contributed by atoms with Crippen molar-refractivity contribution in [1.29, 1.82) is 0 Å². The smallest absolute Gasteiger partial charge is 0.213 e. The molecule has 66 valence electrons. The third-order valence-corrected chi connectivity index (χ3v) is 3.20. The van der Waals surface area contributed by atoms with E-state index in [1.807, 2.05) is 18.4 Å². The molecule has 2 heterocycles. The van der Waals surface area contributed by atoms with E-state index in [1.54, 1.807) is 22.2 Å². The van der Waals surface area contributed by atoms with E-state index in [2.05, 4.69) is 4.98 Å². The first-order chi connectivity index (χ1) is 6.29. The number of carbonyl (C=O) groups excluding carboxylic acids is 1. The molecule has 13 heavy (non-hydrogen) atoms. The molecule has 0 saturated heterocycles. The molecule has 0 saturated carbocycles. The summed E-state index contributed by atoms with van der Waals surface area (Å²) in [6.45, 7) is 1.95. The lowest BCUT2D eigenvalue weighted by molar-refractivity contribution is 0.103. The second-order valence-electron chi connectivity index (χ2n) is 2.59. The number of aromatic nitrogens is 1. The van der Waals surface area contributed by atoms with Gasteiger partial charge in [0.15, 0.2) is 0 Å². The average molecular weight is 209 g/mol. The van der Waals surface area contributed by atoms with Crippen LogP contribution in [-0.4, -0.2) is 10.8 Å². The largest absolute Gasteiger partial charge is 0.287 e. The molecule has 0 aromatic carbocycles. The number of aryl methyl sites for hydroxylation is 1. The van der Waals surface area contributed by atoms with E-state index in [1.165, 1.54) is 11.3 Å². The van der Waals surface area contributed by atoms with Gasteiger partial charge >= 0.3 is 0 Å². The molecule has 4 heteroatoms.